The van der Waals surface area contributed by atoms with Crippen LogP contribution in [0.4, 0.5) is 0 Å². The molecule has 98 valence electrons. The molecule has 0 unspecified atom stereocenters. The molecule has 1 fully saturated rings. The Labute approximate surface area is 108 Å². The zero-order valence-electron chi connectivity index (χ0n) is 10.8. The number of para-hydroxylation sites is 1. The van der Waals surface area contributed by atoms with Crippen LogP contribution in [-0.4, -0.2) is 36.5 Å². The predicted octanol–water partition coefficient (Wildman–Crippen LogP) is 1.65. The lowest BCUT2D eigenvalue weighted by molar-refractivity contribution is 0.0744. The molecule has 1 amide bonds. The van der Waals surface area contributed by atoms with E-state index in [2.05, 4.69) is 0 Å². The Kier molecular flexibility index (Phi) is 4.20. The summed E-state index contributed by atoms with van der Waals surface area (Å²) in [5.74, 6) is 0.694. The molecule has 2 N–H and O–H groups in total. The van der Waals surface area contributed by atoms with Gasteiger partial charge in [-0.2, -0.15) is 0 Å². The van der Waals surface area contributed by atoms with Crippen molar-refractivity contribution in [3.8, 4) is 5.75 Å². The molecule has 4 nitrogen and oxygen atoms in total. The first-order valence-corrected chi connectivity index (χ1v) is 6.50. The van der Waals surface area contributed by atoms with Crippen LogP contribution in [0.5, 0.6) is 5.75 Å². The van der Waals surface area contributed by atoms with E-state index in [1.165, 1.54) is 0 Å². The molecule has 1 aromatic rings. The molecule has 1 saturated carbocycles. The summed E-state index contributed by atoms with van der Waals surface area (Å²) in [6.07, 6.45) is 2.17. The number of hydrogen-bond acceptors (Lipinski definition) is 3. The molecule has 0 radical (unpaired) electrons. The van der Waals surface area contributed by atoms with E-state index in [0.29, 0.717) is 37.1 Å². The largest absolute Gasteiger partial charge is 0.493 e. The highest BCUT2D eigenvalue weighted by Crippen LogP contribution is 2.29. The molecule has 18 heavy (non-hydrogen) atoms. The number of benzene rings is 1. The van der Waals surface area contributed by atoms with Gasteiger partial charge in [-0.05, 0) is 31.9 Å². The molecule has 1 aliphatic carbocycles. The number of carbonyl (C=O) groups excluding carboxylic acids is 1. The molecule has 0 atom stereocenters. The summed E-state index contributed by atoms with van der Waals surface area (Å²) in [6, 6.07) is 7.77. The number of rotatable bonds is 6. The van der Waals surface area contributed by atoms with Gasteiger partial charge in [0.1, 0.15) is 5.75 Å². The molecule has 1 aliphatic rings. The van der Waals surface area contributed by atoms with Gasteiger partial charge in [-0.15, -0.1) is 0 Å². The summed E-state index contributed by atoms with van der Waals surface area (Å²) < 4.78 is 5.51. The quantitative estimate of drug-likeness (QED) is 0.832. The first-order chi connectivity index (χ1) is 8.77. The molecule has 1 aromatic carbocycles. The standard InChI is InChI=1S/C14H20N2O2/c1-2-18-13-6-4-3-5-12(13)14(17)16(10-9-15)11-7-8-11/h3-6,11H,2,7-10,15H2,1H3. The Morgan fingerprint density at radius 1 is 1.44 bits per heavy atom. The van der Waals surface area contributed by atoms with Crippen LogP contribution in [0.3, 0.4) is 0 Å². The minimum absolute atomic E-state index is 0.0343. The summed E-state index contributed by atoms with van der Waals surface area (Å²) in [5, 5.41) is 0. The van der Waals surface area contributed by atoms with Gasteiger partial charge in [0.05, 0.1) is 12.2 Å². The minimum Gasteiger partial charge on any atom is -0.493 e. The molecule has 0 heterocycles. The van der Waals surface area contributed by atoms with Gasteiger partial charge in [0.25, 0.3) is 5.91 Å². The van der Waals surface area contributed by atoms with Crippen molar-refractivity contribution in [1.29, 1.82) is 0 Å². The highest BCUT2D eigenvalue weighted by molar-refractivity contribution is 5.97. The molecule has 0 aromatic heterocycles. The molecule has 4 heteroatoms. The van der Waals surface area contributed by atoms with Crippen LogP contribution < -0.4 is 10.5 Å². The van der Waals surface area contributed by atoms with Crippen molar-refractivity contribution in [2.45, 2.75) is 25.8 Å². The zero-order valence-corrected chi connectivity index (χ0v) is 10.8. The number of hydrogen-bond donors (Lipinski definition) is 1. The Morgan fingerprint density at radius 2 is 2.17 bits per heavy atom. The number of amides is 1. The van der Waals surface area contributed by atoms with E-state index < -0.39 is 0 Å². The van der Waals surface area contributed by atoms with Crippen LogP contribution >= 0.6 is 0 Å². The first kappa shape index (κ1) is 12.9. The van der Waals surface area contributed by atoms with Crippen molar-refractivity contribution >= 4 is 5.91 Å². The smallest absolute Gasteiger partial charge is 0.257 e. The second-order valence-corrected chi connectivity index (χ2v) is 4.45. The third-order valence-electron chi connectivity index (χ3n) is 3.04. The van der Waals surface area contributed by atoms with Gasteiger partial charge in [-0.3, -0.25) is 4.79 Å². The summed E-state index contributed by atoms with van der Waals surface area (Å²) in [6.45, 7) is 3.59. The maximum Gasteiger partial charge on any atom is 0.257 e. The van der Waals surface area contributed by atoms with Crippen LogP contribution in [-0.2, 0) is 0 Å². The van der Waals surface area contributed by atoms with Crippen LogP contribution in [0.2, 0.25) is 0 Å². The van der Waals surface area contributed by atoms with E-state index in [1.54, 1.807) is 0 Å². The Balaban J connectivity index is 2.20. The molecule has 0 spiro atoms. The third kappa shape index (κ3) is 2.82. The summed E-state index contributed by atoms with van der Waals surface area (Å²) in [5.41, 5.74) is 6.22. The molecule has 2 rings (SSSR count). The molecular weight excluding hydrogens is 228 g/mol. The van der Waals surface area contributed by atoms with E-state index in [0.717, 1.165) is 12.8 Å². The average Bonchev–Trinajstić information content (AvgIpc) is 3.20. The van der Waals surface area contributed by atoms with Gasteiger partial charge in [0, 0.05) is 19.1 Å². The highest BCUT2D eigenvalue weighted by atomic mass is 16.5. The fourth-order valence-corrected chi connectivity index (χ4v) is 2.05. The molecule has 0 bridgehead atoms. The predicted molar refractivity (Wildman–Crippen MR) is 70.7 cm³/mol. The molecule has 0 saturated heterocycles. The van der Waals surface area contributed by atoms with Gasteiger partial charge in [-0.1, -0.05) is 12.1 Å². The van der Waals surface area contributed by atoms with Crippen molar-refractivity contribution in [2.75, 3.05) is 19.7 Å². The maximum absolute atomic E-state index is 12.5. The molecule has 0 aliphatic heterocycles. The van der Waals surface area contributed by atoms with E-state index in [-0.39, 0.29) is 5.91 Å². The fraction of sp³-hybridized carbons (Fsp3) is 0.500. The van der Waals surface area contributed by atoms with Gasteiger partial charge < -0.3 is 15.4 Å². The summed E-state index contributed by atoms with van der Waals surface area (Å²) in [7, 11) is 0. The van der Waals surface area contributed by atoms with E-state index in [1.807, 2.05) is 36.1 Å². The fourth-order valence-electron chi connectivity index (χ4n) is 2.05. The van der Waals surface area contributed by atoms with E-state index in [4.69, 9.17) is 10.5 Å². The minimum atomic E-state index is 0.0343. The normalized spacial score (nSPS) is 14.3. The van der Waals surface area contributed by atoms with Crippen molar-refractivity contribution in [1.82, 2.24) is 4.90 Å². The second-order valence-electron chi connectivity index (χ2n) is 4.45. The van der Waals surface area contributed by atoms with E-state index in [9.17, 15) is 4.79 Å². The lowest BCUT2D eigenvalue weighted by atomic mass is 10.1. The van der Waals surface area contributed by atoms with Crippen LogP contribution in [0.15, 0.2) is 24.3 Å². The first-order valence-electron chi connectivity index (χ1n) is 6.50. The SMILES string of the molecule is CCOc1ccccc1C(=O)N(CCN)C1CC1. The van der Waals surface area contributed by atoms with Crippen molar-refractivity contribution in [3.63, 3.8) is 0 Å². The molecular formula is C14H20N2O2. The topological polar surface area (TPSA) is 55.6 Å². The monoisotopic (exact) mass is 248 g/mol. The van der Waals surface area contributed by atoms with Crippen molar-refractivity contribution in [2.24, 2.45) is 5.73 Å². The highest BCUT2D eigenvalue weighted by Gasteiger charge is 2.33. The lowest BCUT2D eigenvalue weighted by Gasteiger charge is -2.22. The lowest BCUT2D eigenvalue weighted by Crippen LogP contribution is -2.37. The van der Waals surface area contributed by atoms with Crippen LogP contribution in [0.1, 0.15) is 30.1 Å². The summed E-state index contributed by atoms with van der Waals surface area (Å²) >= 11 is 0. The second kappa shape index (κ2) is 5.87. The van der Waals surface area contributed by atoms with Crippen LogP contribution in [0, 0.1) is 0 Å². The third-order valence-corrected chi connectivity index (χ3v) is 3.04. The average molecular weight is 248 g/mol. The van der Waals surface area contributed by atoms with Crippen LogP contribution in [0.25, 0.3) is 0 Å². The Bertz CT molecular complexity index is 416. The number of nitrogens with zero attached hydrogens (tertiary/aromatic N) is 1. The zero-order chi connectivity index (χ0) is 13.0. The van der Waals surface area contributed by atoms with E-state index >= 15 is 0 Å². The van der Waals surface area contributed by atoms with Gasteiger partial charge in [0.15, 0.2) is 0 Å². The number of ether oxygens (including phenoxy) is 1. The maximum atomic E-state index is 12.5. The van der Waals surface area contributed by atoms with Crippen molar-refractivity contribution in [3.05, 3.63) is 29.8 Å². The van der Waals surface area contributed by atoms with Gasteiger partial charge in [0.2, 0.25) is 0 Å². The van der Waals surface area contributed by atoms with Gasteiger partial charge in [-0.25, -0.2) is 0 Å². The Hall–Kier alpha value is -1.55. The number of carbonyl (C=O) groups is 1. The van der Waals surface area contributed by atoms with Crippen molar-refractivity contribution < 1.29 is 9.53 Å². The summed E-state index contributed by atoms with van der Waals surface area (Å²) in [4.78, 5) is 14.4. The van der Waals surface area contributed by atoms with Gasteiger partial charge >= 0.3 is 0 Å². The number of nitrogens with two attached hydrogens (primary N) is 1. The Morgan fingerprint density at radius 3 is 2.78 bits per heavy atom.